The predicted octanol–water partition coefficient (Wildman–Crippen LogP) is 2.25. The monoisotopic (exact) mass is 248 g/mol. The van der Waals surface area contributed by atoms with Crippen molar-refractivity contribution in [2.24, 2.45) is 5.84 Å². The normalized spacial score (nSPS) is 13.7. The van der Waals surface area contributed by atoms with Gasteiger partial charge in [0.25, 0.3) is 0 Å². The fourth-order valence-corrected chi connectivity index (χ4v) is 1.38. The second kappa shape index (κ2) is 6.00. The van der Waals surface area contributed by atoms with Crippen molar-refractivity contribution in [2.45, 2.75) is 19.1 Å². The zero-order chi connectivity index (χ0) is 12.9. The first-order valence-electron chi connectivity index (χ1n) is 5.20. The highest BCUT2D eigenvalue weighted by atomic mass is 19.4. The minimum absolute atomic E-state index is 0.308. The van der Waals surface area contributed by atoms with Crippen LogP contribution in [-0.4, -0.2) is 13.2 Å². The van der Waals surface area contributed by atoms with Gasteiger partial charge in [-0.25, -0.2) is 0 Å². The Bertz CT molecular complexity index is 338. The molecule has 0 radical (unpaired) electrons. The summed E-state index contributed by atoms with van der Waals surface area (Å²) in [6, 6.07) is 4.55. The topological polar surface area (TPSA) is 47.3 Å². The first-order valence-corrected chi connectivity index (χ1v) is 5.20. The van der Waals surface area contributed by atoms with Crippen LogP contribution in [0.3, 0.4) is 0 Å². The molecule has 0 aliphatic carbocycles. The van der Waals surface area contributed by atoms with E-state index >= 15 is 0 Å². The van der Waals surface area contributed by atoms with Gasteiger partial charge in [0.2, 0.25) is 0 Å². The van der Waals surface area contributed by atoms with E-state index in [0.717, 1.165) is 12.1 Å². The number of halogens is 3. The maximum absolute atomic E-state index is 12.3. The average molecular weight is 248 g/mol. The molecular weight excluding hydrogens is 233 g/mol. The molecule has 1 unspecified atom stereocenters. The van der Waals surface area contributed by atoms with Crippen molar-refractivity contribution >= 4 is 0 Å². The number of nitrogens with one attached hydrogen (secondary N) is 1. The molecule has 1 aromatic carbocycles. The summed E-state index contributed by atoms with van der Waals surface area (Å²) in [5.74, 6) is 5.32. The van der Waals surface area contributed by atoms with Crippen molar-refractivity contribution in [1.82, 2.24) is 5.43 Å². The molecule has 0 heterocycles. The molecule has 1 aromatic rings. The van der Waals surface area contributed by atoms with Crippen LogP contribution >= 0.6 is 0 Å². The minimum Gasteiger partial charge on any atom is -0.380 e. The minimum atomic E-state index is -4.32. The zero-order valence-corrected chi connectivity index (χ0v) is 9.42. The van der Waals surface area contributed by atoms with Crippen LogP contribution in [0.5, 0.6) is 0 Å². The van der Waals surface area contributed by atoms with Crippen molar-refractivity contribution < 1.29 is 17.9 Å². The summed E-state index contributed by atoms with van der Waals surface area (Å²) in [6.07, 6.45) is -4.32. The summed E-state index contributed by atoms with van der Waals surface area (Å²) in [7, 11) is 0. The number of hydrogen-bond donors (Lipinski definition) is 2. The van der Waals surface area contributed by atoms with Crippen LogP contribution in [-0.2, 0) is 10.9 Å². The van der Waals surface area contributed by atoms with Crippen LogP contribution in [0.25, 0.3) is 0 Å². The molecular formula is C11H15F3N2O. The Morgan fingerprint density at radius 1 is 1.29 bits per heavy atom. The standard InChI is InChI=1S/C11H15F3N2O/c1-2-17-7-10(16-15)8-3-5-9(6-4-8)11(12,13)14/h3-6,10,16H,2,7,15H2,1H3. The molecule has 0 fully saturated rings. The lowest BCUT2D eigenvalue weighted by atomic mass is 10.1. The van der Waals surface area contributed by atoms with E-state index in [1.165, 1.54) is 12.1 Å². The van der Waals surface area contributed by atoms with E-state index < -0.39 is 11.7 Å². The number of nitrogens with two attached hydrogens (primary N) is 1. The lowest BCUT2D eigenvalue weighted by Gasteiger charge is -2.16. The van der Waals surface area contributed by atoms with Gasteiger partial charge >= 0.3 is 6.18 Å². The van der Waals surface area contributed by atoms with Gasteiger partial charge in [0.1, 0.15) is 0 Å². The van der Waals surface area contributed by atoms with E-state index in [9.17, 15) is 13.2 Å². The summed E-state index contributed by atoms with van der Waals surface area (Å²) in [4.78, 5) is 0. The van der Waals surface area contributed by atoms with E-state index in [0.29, 0.717) is 18.8 Å². The number of rotatable bonds is 5. The van der Waals surface area contributed by atoms with E-state index in [1.807, 2.05) is 6.92 Å². The van der Waals surface area contributed by atoms with Gasteiger partial charge in [0, 0.05) is 6.61 Å². The Morgan fingerprint density at radius 2 is 1.88 bits per heavy atom. The van der Waals surface area contributed by atoms with Crippen molar-refractivity contribution in [1.29, 1.82) is 0 Å². The quantitative estimate of drug-likeness (QED) is 0.620. The number of benzene rings is 1. The first-order chi connectivity index (χ1) is 7.99. The second-order valence-corrected chi connectivity index (χ2v) is 3.50. The van der Waals surface area contributed by atoms with Gasteiger partial charge in [-0.05, 0) is 24.6 Å². The van der Waals surface area contributed by atoms with Crippen molar-refractivity contribution in [3.63, 3.8) is 0 Å². The maximum atomic E-state index is 12.3. The van der Waals surface area contributed by atoms with Gasteiger partial charge < -0.3 is 4.74 Å². The number of ether oxygens (including phenoxy) is 1. The lowest BCUT2D eigenvalue weighted by Crippen LogP contribution is -2.31. The SMILES string of the molecule is CCOCC(NN)c1ccc(C(F)(F)F)cc1. The van der Waals surface area contributed by atoms with Crippen LogP contribution < -0.4 is 11.3 Å². The molecule has 0 saturated carbocycles. The summed E-state index contributed by atoms with van der Waals surface area (Å²) in [6.45, 7) is 2.68. The molecule has 96 valence electrons. The molecule has 17 heavy (non-hydrogen) atoms. The molecule has 0 aliphatic rings. The molecule has 6 heteroatoms. The van der Waals surface area contributed by atoms with E-state index in [-0.39, 0.29) is 6.04 Å². The summed E-state index contributed by atoms with van der Waals surface area (Å²) >= 11 is 0. The predicted molar refractivity (Wildman–Crippen MR) is 58.0 cm³/mol. The van der Waals surface area contributed by atoms with Gasteiger partial charge in [-0.1, -0.05) is 12.1 Å². The molecule has 3 nitrogen and oxygen atoms in total. The van der Waals surface area contributed by atoms with Crippen LogP contribution in [0, 0.1) is 0 Å². The van der Waals surface area contributed by atoms with Gasteiger partial charge in [-0.2, -0.15) is 13.2 Å². The van der Waals surface area contributed by atoms with Gasteiger partial charge in [-0.15, -0.1) is 0 Å². The maximum Gasteiger partial charge on any atom is 0.416 e. The molecule has 1 atom stereocenters. The molecule has 0 bridgehead atoms. The number of alkyl halides is 3. The molecule has 0 saturated heterocycles. The number of hydrogen-bond acceptors (Lipinski definition) is 3. The molecule has 3 N–H and O–H groups in total. The fourth-order valence-electron chi connectivity index (χ4n) is 1.38. The zero-order valence-electron chi connectivity index (χ0n) is 9.42. The highest BCUT2D eigenvalue weighted by Gasteiger charge is 2.30. The van der Waals surface area contributed by atoms with Gasteiger partial charge in [0.05, 0.1) is 18.2 Å². The van der Waals surface area contributed by atoms with Crippen molar-refractivity contribution in [2.75, 3.05) is 13.2 Å². The van der Waals surface area contributed by atoms with Crippen molar-refractivity contribution in [3.05, 3.63) is 35.4 Å². The Kier molecular flexibility index (Phi) is 4.92. The lowest BCUT2D eigenvalue weighted by molar-refractivity contribution is -0.137. The number of hydrazine groups is 1. The highest BCUT2D eigenvalue weighted by molar-refractivity contribution is 5.26. The average Bonchev–Trinajstić information content (AvgIpc) is 2.29. The molecule has 1 rings (SSSR count). The van der Waals surface area contributed by atoms with E-state index in [2.05, 4.69) is 5.43 Å². The Labute approximate surface area is 97.7 Å². The molecule has 0 amide bonds. The Balaban J connectivity index is 2.78. The third kappa shape index (κ3) is 3.99. The Morgan fingerprint density at radius 3 is 2.29 bits per heavy atom. The fraction of sp³-hybridized carbons (Fsp3) is 0.455. The van der Waals surface area contributed by atoms with Crippen LogP contribution in [0.1, 0.15) is 24.1 Å². The van der Waals surface area contributed by atoms with Crippen LogP contribution in [0.4, 0.5) is 13.2 Å². The largest absolute Gasteiger partial charge is 0.416 e. The van der Waals surface area contributed by atoms with E-state index in [4.69, 9.17) is 10.6 Å². The summed E-state index contributed by atoms with van der Waals surface area (Å²) in [5.41, 5.74) is 2.49. The highest BCUT2D eigenvalue weighted by Crippen LogP contribution is 2.29. The van der Waals surface area contributed by atoms with Gasteiger partial charge in [0.15, 0.2) is 0 Å². The van der Waals surface area contributed by atoms with Crippen LogP contribution in [0.15, 0.2) is 24.3 Å². The summed E-state index contributed by atoms with van der Waals surface area (Å²) < 4.78 is 42.2. The first kappa shape index (κ1) is 14.0. The summed E-state index contributed by atoms with van der Waals surface area (Å²) in [5, 5.41) is 0. The van der Waals surface area contributed by atoms with E-state index in [1.54, 1.807) is 0 Å². The second-order valence-electron chi connectivity index (χ2n) is 3.50. The van der Waals surface area contributed by atoms with Crippen LogP contribution in [0.2, 0.25) is 0 Å². The Hall–Kier alpha value is -1.11. The third-order valence-electron chi connectivity index (χ3n) is 2.33. The van der Waals surface area contributed by atoms with Crippen molar-refractivity contribution in [3.8, 4) is 0 Å². The molecule has 0 aliphatic heterocycles. The third-order valence-corrected chi connectivity index (χ3v) is 2.33. The molecule has 0 aromatic heterocycles. The van der Waals surface area contributed by atoms with Gasteiger partial charge in [-0.3, -0.25) is 11.3 Å². The molecule has 0 spiro atoms. The smallest absolute Gasteiger partial charge is 0.380 e.